The minimum atomic E-state index is -0.361. The van der Waals surface area contributed by atoms with Crippen molar-refractivity contribution in [1.29, 1.82) is 0 Å². The second-order valence-corrected chi connectivity index (χ2v) is 3.91. The molecule has 0 aromatic heterocycles. The number of hydrogen-bond acceptors (Lipinski definition) is 3. The molecule has 0 bridgehead atoms. The van der Waals surface area contributed by atoms with Gasteiger partial charge in [0.25, 0.3) is 5.69 Å². The fourth-order valence-corrected chi connectivity index (χ4v) is 1.92. The zero-order valence-electron chi connectivity index (χ0n) is 8.96. The van der Waals surface area contributed by atoms with Crippen molar-refractivity contribution in [3.8, 4) is 0 Å². The molecule has 2 rings (SSSR count). The first-order valence-electron chi connectivity index (χ1n) is 5.21. The lowest BCUT2D eigenvalue weighted by Crippen LogP contribution is -2.18. The maximum atomic E-state index is 10.5. The summed E-state index contributed by atoms with van der Waals surface area (Å²) in [6.07, 6.45) is 2.54. The third-order valence-corrected chi connectivity index (χ3v) is 2.75. The molecule has 1 saturated heterocycles. The van der Waals surface area contributed by atoms with Crippen molar-refractivity contribution in [3.63, 3.8) is 0 Å². The standard InChI is InChI=1S/C11H14N2O2.ClH/c14-13(15)11-5-3-10(4-6-11)9-12-7-1-2-8-12;/h3-6H,1-2,7-9H2;1H. The van der Waals surface area contributed by atoms with Gasteiger partial charge in [0.1, 0.15) is 0 Å². The molecule has 1 aliphatic rings. The van der Waals surface area contributed by atoms with Gasteiger partial charge in [-0.15, -0.1) is 12.4 Å². The van der Waals surface area contributed by atoms with Gasteiger partial charge in [-0.1, -0.05) is 12.1 Å². The van der Waals surface area contributed by atoms with Crippen LogP contribution >= 0.6 is 12.4 Å². The lowest BCUT2D eigenvalue weighted by atomic mass is 10.2. The normalized spacial score (nSPS) is 15.8. The van der Waals surface area contributed by atoms with E-state index in [1.165, 1.54) is 12.8 Å². The summed E-state index contributed by atoms with van der Waals surface area (Å²) >= 11 is 0. The Morgan fingerprint density at radius 3 is 2.25 bits per heavy atom. The number of halogens is 1. The molecule has 1 heterocycles. The van der Waals surface area contributed by atoms with E-state index in [1.807, 2.05) is 12.1 Å². The minimum absolute atomic E-state index is 0. The first-order valence-corrected chi connectivity index (χ1v) is 5.21. The highest BCUT2D eigenvalue weighted by atomic mass is 35.5. The number of benzene rings is 1. The summed E-state index contributed by atoms with van der Waals surface area (Å²) in [7, 11) is 0. The predicted molar refractivity (Wildman–Crippen MR) is 64.9 cm³/mol. The van der Waals surface area contributed by atoms with Gasteiger partial charge >= 0.3 is 0 Å². The molecule has 0 amide bonds. The molecular weight excluding hydrogens is 228 g/mol. The molecule has 0 N–H and O–H groups in total. The largest absolute Gasteiger partial charge is 0.299 e. The fraction of sp³-hybridized carbons (Fsp3) is 0.455. The molecular formula is C11H15ClN2O2. The number of rotatable bonds is 3. The number of likely N-dealkylation sites (tertiary alicyclic amines) is 1. The molecule has 0 unspecified atom stereocenters. The summed E-state index contributed by atoms with van der Waals surface area (Å²) in [5, 5.41) is 10.5. The number of hydrogen-bond donors (Lipinski definition) is 0. The molecule has 1 aromatic rings. The second kappa shape index (κ2) is 5.82. The van der Waals surface area contributed by atoms with Gasteiger partial charge in [0.15, 0.2) is 0 Å². The Hall–Kier alpha value is -1.13. The van der Waals surface area contributed by atoms with Crippen LogP contribution in [0.5, 0.6) is 0 Å². The summed E-state index contributed by atoms with van der Waals surface area (Å²) in [5.41, 5.74) is 1.32. The lowest BCUT2D eigenvalue weighted by Gasteiger charge is -2.13. The van der Waals surface area contributed by atoms with Crippen molar-refractivity contribution in [1.82, 2.24) is 4.90 Å². The number of nitro groups is 1. The van der Waals surface area contributed by atoms with Crippen LogP contribution in [-0.2, 0) is 6.54 Å². The SMILES string of the molecule is Cl.O=[N+]([O-])c1ccc(CN2CCCC2)cc1. The van der Waals surface area contributed by atoms with Crippen LogP contribution in [0.4, 0.5) is 5.69 Å². The molecule has 0 atom stereocenters. The Morgan fingerprint density at radius 1 is 1.19 bits per heavy atom. The molecule has 0 aliphatic carbocycles. The van der Waals surface area contributed by atoms with Crippen LogP contribution in [0, 0.1) is 10.1 Å². The van der Waals surface area contributed by atoms with Crippen molar-refractivity contribution >= 4 is 18.1 Å². The molecule has 88 valence electrons. The molecule has 0 saturated carbocycles. The highest BCUT2D eigenvalue weighted by molar-refractivity contribution is 5.85. The van der Waals surface area contributed by atoms with Crippen molar-refractivity contribution in [2.75, 3.05) is 13.1 Å². The van der Waals surface area contributed by atoms with Gasteiger partial charge < -0.3 is 0 Å². The predicted octanol–water partition coefficient (Wildman–Crippen LogP) is 2.61. The van der Waals surface area contributed by atoms with Crippen molar-refractivity contribution in [2.24, 2.45) is 0 Å². The van der Waals surface area contributed by atoms with Gasteiger partial charge in [-0.25, -0.2) is 0 Å². The Balaban J connectivity index is 0.00000128. The van der Waals surface area contributed by atoms with E-state index >= 15 is 0 Å². The zero-order chi connectivity index (χ0) is 10.7. The second-order valence-electron chi connectivity index (χ2n) is 3.91. The molecule has 1 aromatic carbocycles. The Morgan fingerprint density at radius 2 is 1.75 bits per heavy atom. The van der Waals surface area contributed by atoms with Gasteiger partial charge in [-0.3, -0.25) is 15.0 Å². The van der Waals surface area contributed by atoms with E-state index in [4.69, 9.17) is 0 Å². The number of nitrogens with zero attached hydrogens (tertiary/aromatic N) is 2. The van der Waals surface area contributed by atoms with Crippen LogP contribution in [-0.4, -0.2) is 22.9 Å². The Kier molecular flexibility index (Phi) is 4.71. The molecule has 4 nitrogen and oxygen atoms in total. The van der Waals surface area contributed by atoms with Crippen LogP contribution in [0.15, 0.2) is 24.3 Å². The Labute approximate surface area is 101 Å². The lowest BCUT2D eigenvalue weighted by molar-refractivity contribution is -0.384. The Bertz CT molecular complexity index is 348. The monoisotopic (exact) mass is 242 g/mol. The van der Waals surface area contributed by atoms with E-state index in [-0.39, 0.29) is 23.0 Å². The van der Waals surface area contributed by atoms with Crippen LogP contribution in [0.1, 0.15) is 18.4 Å². The third kappa shape index (κ3) is 3.18. The van der Waals surface area contributed by atoms with E-state index in [0.29, 0.717) is 0 Å². The van der Waals surface area contributed by atoms with E-state index < -0.39 is 0 Å². The van der Waals surface area contributed by atoms with Gasteiger partial charge in [-0.2, -0.15) is 0 Å². The van der Waals surface area contributed by atoms with Gasteiger partial charge in [-0.05, 0) is 31.5 Å². The van der Waals surface area contributed by atoms with Crippen LogP contribution in [0.25, 0.3) is 0 Å². The molecule has 0 radical (unpaired) electrons. The maximum Gasteiger partial charge on any atom is 0.269 e. The molecule has 1 aliphatic heterocycles. The smallest absolute Gasteiger partial charge is 0.269 e. The summed E-state index contributed by atoms with van der Waals surface area (Å²) in [6.45, 7) is 3.21. The van der Waals surface area contributed by atoms with Crippen molar-refractivity contribution in [2.45, 2.75) is 19.4 Å². The number of non-ortho nitro benzene ring substituents is 1. The summed E-state index contributed by atoms with van der Waals surface area (Å²) in [5.74, 6) is 0. The quantitative estimate of drug-likeness (QED) is 0.605. The maximum absolute atomic E-state index is 10.5. The average molecular weight is 243 g/mol. The van der Waals surface area contributed by atoms with Crippen molar-refractivity contribution in [3.05, 3.63) is 39.9 Å². The first kappa shape index (κ1) is 12.9. The molecule has 16 heavy (non-hydrogen) atoms. The molecule has 1 fully saturated rings. The molecule has 5 heteroatoms. The van der Waals surface area contributed by atoms with E-state index in [9.17, 15) is 10.1 Å². The van der Waals surface area contributed by atoms with Crippen molar-refractivity contribution < 1.29 is 4.92 Å². The van der Waals surface area contributed by atoms with Crippen LogP contribution < -0.4 is 0 Å². The van der Waals surface area contributed by atoms with Crippen LogP contribution in [0.3, 0.4) is 0 Å². The van der Waals surface area contributed by atoms with Gasteiger partial charge in [0.05, 0.1) is 4.92 Å². The fourth-order valence-electron chi connectivity index (χ4n) is 1.92. The highest BCUT2D eigenvalue weighted by Crippen LogP contribution is 2.16. The van der Waals surface area contributed by atoms with E-state index in [0.717, 1.165) is 25.2 Å². The van der Waals surface area contributed by atoms with Gasteiger partial charge in [0.2, 0.25) is 0 Å². The van der Waals surface area contributed by atoms with Crippen LogP contribution in [0.2, 0.25) is 0 Å². The van der Waals surface area contributed by atoms with E-state index in [2.05, 4.69) is 4.90 Å². The topological polar surface area (TPSA) is 46.4 Å². The summed E-state index contributed by atoms with van der Waals surface area (Å²) in [4.78, 5) is 12.5. The molecule has 0 spiro atoms. The van der Waals surface area contributed by atoms with Gasteiger partial charge in [0, 0.05) is 18.7 Å². The summed E-state index contributed by atoms with van der Waals surface area (Å²) in [6, 6.07) is 6.84. The van der Waals surface area contributed by atoms with E-state index in [1.54, 1.807) is 12.1 Å². The highest BCUT2D eigenvalue weighted by Gasteiger charge is 2.12. The zero-order valence-corrected chi connectivity index (χ0v) is 9.78. The third-order valence-electron chi connectivity index (χ3n) is 2.75. The minimum Gasteiger partial charge on any atom is -0.299 e. The number of nitro benzene ring substituents is 1. The summed E-state index contributed by atoms with van der Waals surface area (Å²) < 4.78 is 0. The average Bonchev–Trinajstić information content (AvgIpc) is 2.71. The first-order chi connectivity index (χ1) is 7.25.